The van der Waals surface area contributed by atoms with Crippen molar-refractivity contribution in [2.75, 3.05) is 35.4 Å². The van der Waals surface area contributed by atoms with Gasteiger partial charge in [-0.05, 0) is 111 Å². The van der Waals surface area contributed by atoms with Crippen molar-refractivity contribution in [2.45, 2.75) is 32.6 Å². The Hall–Kier alpha value is -6.10. The van der Waals surface area contributed by atoms with Gasteiger partial charge in [0.15, 0.2) is 11.5 Å². The van der Waals surface area contributed by atoms with Gasteiger partial charge < -0.3 is 14.7 Å². The van der Waals surface area contributed by atoms with Crippen LogP contribution in [-0.4, -0.2) is 49.4 Å². The minimum Gasteiger partial charge on any atom is -0.504 e. The number of ether oxygens (including phenoxy) is 1. The van der Waals surface area contributed by atoms with E-state index in [0.29, 0.717) is 41.3 Å². The topological polar surface area (TPSA) is 132 Å². The SMILES string of the molecule is CCOc1cc(C2C3=CCC4C(=O)N(c5ccc(N=Nc6ccc(N(C)C)cc6)cc5)C(=O)C4C3CC3C(=O)N(c4ccccc4)C(=O)C32C)ccc1O. The van der Waals surface area contributed by atoms with Gasteiger partial charge in [0.05, 0.1) is 52.5 Å². The summed E-state index contributed by atoms with van der Waals surface area (Å²) in [6.07, 6.45) is 2.57. The molecule has 4 aromatic carbocycles. The summed E-state index contributed by atoms with van der Waals surface area (Å²) in [5, 5.41) is 19.3. The summed E-state index contributed by atoms with van der Waals surface area (Å²) in [7, 11) is 3.93. The lowest BCUT2D eigenvalue weighted by molar-refractivity contribution is -0.131. The standard InChI is InChI=1S/C43H41N5O6/c1-5-54-36-23-25(11-22-35(36)49)38-31-20-21-32-37(33(31)24-34-40(51)48(42(53)43(34,38)2)29-9-7-6-8-10-29)41(52)47(39(32)50)30-18-14-27(15-19-30)45-44-26-12-16-28(17-13-26)46(3)4/h6-20,22-23,32-34,37-38,49H,5,21,24H2,1-4H3. The summed E-state index contributed by atoms with van der Waals surface area (Å²) in [5.74, 6) is -4.21. The largest absolute Gasteiger partial charge is 0.504 e. The van der Waals surface area contributed by atoms with Gasteiger partial charge in [-0.2, -0.15) is 10.2 Å². The second-order valence-corrected chi connectivity index (χ2v) is 14.8. The Balaban J connectivity index is 1.13. The number of azo groups is 1. The van der Waals surface area contributed by atoms with E-state index in [1.807, 2.05) is 69.3 Å². The van der Waals surface area contributed by atoms with Gasteiger partial charge in [-0.1, -0.05) is 35.9 Å². The Bertz CT molecular complexity index is 2220. The average Bonchev–Trinajstić information content (AvgIpc) is 3.55. The number of amides is 4. The van der Waals surface area contributed by atoms with E-state index in [9.17, 15) is 24.3 Å². The zero-order valence-electron chi connectivity index (χ0n) is 30.5. The van der Waals surface area contributed by atoms with Gasteiger partial charge in [-0.15, -0.1) is 0 Å². The Morgan fingerprint density at radius 1 is 0.796 bits per heavy atom. The summed E-state index contributed by atoms with van der Waals surface area (Å²) in [4.78, 5) is 62.2. The first kappa shape index (κ1) is 35.0. The number of nitrogens with zero attached hydrogens (tertiary/aromatic N) is 5. The number of carbonyl (C=O) groups excluding carboxylic acids is 4. The van der Waals surface area contributed by atoms with Gasteiger partial charge in [0.2, 0.25) is 23.6 Å². The molecule has 54 heavy (non-hydrogen) atoms. The molecule has 11 heteroatoms. The van der Waals surface area contributed by atoms with E-state index in [2.05, 4.69) is 10.2 Å². The monoisotopic (exact) mass is 723 g/mol. The molecule has 0 radical (unpaired) electrons. The molecule has 2 aliphatic carbocycles. The first-order valence-corrected chi connectivity index (χ1v) is 18.3. The van der Waals surface area contributed by atoms with Crippen LogP contribution in [0.25, 0.3) is 0 Å². The zero-order chi connectivity index (χ0) is 37.9. The number of aromatic hydroxyl groups is 1. The van der Waals surface area contributed by atoms with Crippen molar-refractivity contribution >= 4 is 52.1 Å². The van der Waals surface area contributed by atoms with Gasteiger partial charge in [0, 0.05) is 25.7 Å². The lowest BCUT2D eigenvalue weighted by Crippen LogP contribution is -2.48. The number of phenolic OH excluding ortho intramolecular Hbond substituents is 1. The van der Waals surface area contributed by atoms with Crippen LogP contribution < -0.4 is 19.4 Å². The van der Waals surface area contributed by atoms with Crippen molar-refractivity contribution in [1.82, 2.24) is 0 Å². The molecule has 1 saturated carbocycles. The van der Waals surface area contributed by atoms with E-state index in [-0.39, 0.29) is 41.5 Å². The Morgan fingerprint density at radius 2 is 1.44 bits per heavy atom. The summed E-state index contributed by atoms with van der Waals surface area (Å²) in [6, 6.07) is 28.5. The van der Waals surface area contributed by atoms with Crippen LogP contribution in [0.15, 0.2) is 119 Å². The van der Waals surface area contributed by atoms with Crippen molar-refractivity contribution < 1.29 is 29.0 Å². The Kier molecular flexibility index (Phi) is 8.67. The minimum atomic E-state index is -1.20. The van der Waals surface area contributed by atoms with Crippen molar-refractivity contribution in [3.8, 4) is 11.5 Å². The molecule has 8 rings (SSSR count). The molecule has 0 spiro atoms. The van der Waals surface area contributed by atoms with Crippen LogP contribution >= 0.6 is 0 Å². The van der Waals surface area contributed by atoms with Gasteiger partial charge in [-0.3, -0.25) is 24.1 Å². The average molecular weight is 724 g/mol. The zero-order valence-corrected chi connectivity index (χ0v) is 30.5. The Morgan fingerprint density at radius 3 is 2.09 bits per heavy atom. The number of carbonyl (C=O) groups is 4. The lowest BCUT2D eigenvalue weighted by Gasteiger charge is -2.49. The smallest absolute Gasteiger partial charge is 0.241 e. The van der Waals surface area contributed by atoms with Crippen LogP contribution in [-0.2, 0) is 19.2 Å². The highest BCUT2D eigenvalue weighted by Crippen LogP contribution is 2.64. The van der Waals surface area contributed by atoms with Crippen molar-refractivity contribution in [2.24, 2.45) is 39.3 Å². The highest BCUT2D eigenvalue weighted by atomic mass is 16.5. The fourth-order valence-electron chi connectivity index (χ4n) is 9.06. The van der Waals surface area contributed by atoms with Gasteiger partial charge in [0.1, 0.15) is 0 Å². The normalized spacial score (nSPS) is 26.1. The lowest BCUT2D eigenvalue weighted by atomic mass is 9.51. The number of para-hydroxylation sites is 1. The van der Waals surface area contributed by atoms with E-state index in [0.717, 1.165) is 11.3 Å². The van der Waals surface area contributed by atoms with Crippen LogP contribution in [0.4, 0.5) is 28.4 Å². The summed E-state index contributed by atoms with van der Waals surface area (Å²) >= 11 is 0. The van der Waals surface area contributed by atoms with E-state index >= 15 is 0 Å². The van der Waals surface area contributed by atoms with Crippen LogP contribution in [0.5, 0.6) is 11.5 Å². The molecule has 0 bridgehead atoms. The molecule has 3 fully saturated rings. The molecule has 2 aliphatic heterocycles. The molecule has 4 aliphatic rings. The second kappa shape index (κ2) is 13.4. The van der Waals surface area contributed by atoms with Gasteiger partial charge in [-0.25, -0.2) is 4.90 Å². The molecule has 0 aromatic heterocycles. The molecule has 2 heterocycles. The van der Waals surface area contributed by atoms with Crippen LogP contribution in [0, 0.1) is 29.1 Å². The van der Waals surface area contributed by atoms with Crippen molar-refractivity contribution in [3.05, 3.63) is 114 Å². The number of rotatable bonds is 8. The number of phenols is 1. The molecule has 4 amide bonds. The van der Waals surface area contributed by atoms with E-state index in [1.165, 1.54) is 9.80 Å². The number of fused-ring (bicyclic) bond motifs is 4. The third-order valence-electron chi connectivity index (χ3n) is 11.7. The summed E-state index contributed by atoms with van der Waals surface area (Å²) in [5.41, 5.74) is 3.59. The number of allylic oxidation sites excluding steroid dienone is 2. The summed E-state index contributed by atoms with van der Waals surface area (Å²) < 4.78 is 5.76. The van der Waals surface area contributed by atoms with Crippen molar-refractivity contribution in [1.29, 1.82) is 0 Å². The molecule has 6 atom stereocenters. The van der Waals surface area contributed by atoms with Crippen LogP contribution in [0.1, 0.15) is 38.2 Å². The van der Waals surface area contributed by atoms with Crippen molar-refractivity contribution in [3.63, 3.8) is 0 Å². The fraction of sp³-hybridized carbons (Fsp3) is 0.302. The third kappa shape index (κ3) is 5.48. The fourth-order valence-corrected chi connectivity index (χ4v) is 9.06. The quantitative estimate of drug-likeness (QED) is 0.112. The van der Waals surface area contributed by atoms with E-state index < -0.39 is 35.0 Å². The molecule has 2 saturated heterocycles. The van der Waals surface area contributed by atoms with E-state index in [1.54, 1.807) is 66.7 Å². The predicted octanol–water partition coefficient (Wildman–Crippen LogP) is 7.71. The molecule has 4 aromatic rings. The maximum atomic E-state index is 14.6. The van der Waals surface area contributed by atoms with Crippen LogP contribution in [0.3, 0.4) is 0 Å². The Labute approximate surface area is 313 Å². The van der Waals surface area contributed by atoms with Gasteiger partial charge in [0.25, 0.3) is 0 Å². The molecule has 11 nitrogen and oxygen atoms in total. The van der Waals surface area contributed by atoms with Crippen LogP contribution in [0.2, 0.25) is 0 Å². The number of hydrogen-bond donors (Lipinski definition) is 1. The number of imide groups is 2. The predicted molar refractivity (Wildman–Crippen MR) is 204 cm³/mol. The number of hydrogen-bond acceptors (Lipinski definition) is 9. The van der Waals surface area contributed by atoms with E-state index in [4.69, 9.17) is 4.74 Å². The molecule has 6 unspecified atom stereocenters. The van der Waals surface area contributed by atoms with Gasteiger partial charge >= 0.3 is 0 Å². The third-order valence-corrected chi connectivity index (χ3v) is 11.7. The maximum Gasteiger partial charge on any atom is 0.241 e. The minimum absolute atomic E-state index is 0.0366. The molecular weight excluding hydrogens is 683 g/mol. The second-order valence-electron chi connectivity index (χ2n) is 14.8. The molecule has 274 valence electrons. The maximum absolute atomic E-state index is 14.6. The summed E-state index contributed by atoms with van der Waals surface area (Å²) in [6.45, 7) is 3.98. The first-order chi connectivity index (χ1) is 26.0. The molecule has 1 N–H and O–H groups in total. The number of benzene rings is 4. The highest BCUT2D eigenvalue weighted by molar-refractivity contribution is 6.25. The first-order valence-electron chi connectivity index (χ1n) is 18.3. The number of anilines is 3. The molecular formula is C43H41N5O6. The highest BCUT2D eigenvalue weighted by Gasteiger charge is 2.67.